The number of carboxylic acid groups (broad SMARTS) is 1. The van der Waals surface area contributed by atoms with Crippen molar-refractivity contribution in [2.75, 3.05) is 13.1 Å². The van der Waals surface area contributed by atoms with Crippen LogP contribution in [-0.2, 0) is 11.2 Å². The summed E-state index contributed by atoms with van der Waals surface area (Å²) in [5.41, 5.74) is 0. The molecule has 0 saturated carbocycles. The van der Waals surface area contributed by atoms with Gasteiger partial charge in [-0.1, -0.05) is 0 Å². The average Bonchev–Trinajstić information content (AvgIpc) is 2.71. The topological polar surface area (TPSA) is 98.7 Å². The van der Waals surface area contributed by atoms with Gasteiger partial charge in [-0.15, -0.1) is 11.3 Å². The number of aliphatic carboxylic acids is 1. The van der Waals surface area contributed by atoms with Crippen LogP contribution in [0.15, 0.2) is 15.9 Å². The molecule has 1 heterocycles. The highest BCUT2D eigenvalue weighted by molar-refractivity contribution is 9.11. The molecule has 0 saturated heterocycles. The Morgan fingerprint density at radius 3 is 2.67 bits per heavy atom. The van der Waals surface area contributed by atoms with E-state index in [1.54, 1.807) is 11.3 Å². The maximum absolute atomic E-state index is 11.2. The summed E-state index contributed by atoms with van der Waals surface area (Å²) in [7, 11) is 0. The Balaban J connectivity index is 2.15. The predicted octanol–water partition coefficient (Wildman–Crippen LogP) is 0.798. The third-order valence-electron chi connectivity index (χ3n) is 2.03. The van der Waals surface area contributed by atoms with E-state index in [0.29, 0.717) is 13.0 Å². The predicted molar refractivity (Wildman–Crippen MR) is 70.8 cm³/mol. The fraction of sp³-hybridized carbons (Fsp3) is 0.400. The van der Waals surface area contributed by atoms with Crippen molar-refractivity contribution in [3.8, 4) is 0 Å². The van der Waals surface area contributed by atoms with Crippen LogP contribution in [0.4, 0.5) is 4.79 Å². The third kappa shape index (κ3) is 5.48. The molecule has 2 amide bonds. The molecule has 100 valence electrons. The first-order valence-electron chi connectivity index (χ1n) is 5.16. The second-order valence-electron chi connectivity index (χ2n) is 3.45. The Labute approximate surface area is 116 Å². The summed E-state index contributed by atoms with van der Waals surface area (Å²) in [6.07, 6.45) is -0.880. The number of carboxylic acids is 1. The summed E-state index contributed by atoms with van der Waals surface area (Å²) in [5.74, 6) is -1.36. The molecule has 0 radical (unpaired) electrons. The van der Waals surface area contributed by atoms with Crippen molar-refractivity contribution in [2.45, 2.75) is 12.5 Å². The first-order chi connectivity index (χ1) is 8.49. The molecule has 1 aromatic heterocycles. The van der Waals surface area contributed by atoms with Crippen LogP contribution in [0.1, 0.15) is 4.88 Å². The van der Waals surface area contributed by atoms with E-state index < -0.39 is 18.1 Å². The fourth-order valence-corrected chi connectivity index (χ4v) is 2.61. The molecule has 0 aliphatic carbocycles. The molecule has 0 aliphatic heterocycles. The summed E-state index contributed by atoms with van der Waals surface area (Å²) in [5, 5.41) is 22.2. The zero-order valence-electron chi connectivity index (χ0n) is 9.35. The Kier molecular flexibility index (Phi) is 6.10. The lowest BCUT2D eigenvalue weighted by atomic mass is 10.3. The first kappa shape index (κ1) is 14.9. The highest BCUT2D eigenvalue weighted by Crippen LogP contribution is 2.21. The Hall–Kier alpha value is -1.12. The van der Waals surface area contributed by atoms with Gasteiger partial charge in [0.25, 0.3) is 0 Å². The number of carbonyl (C=O) groups is 2. The molecule has 18 heavy (non-hydrogen) atoms. The largest absolute Gasteiger partial charge is 0.479 e. The summed E-state index contributed by atoms with van der Waals surface area (Å²) >= 11 is 4.93. The Morgan fingerprint density at radius 2 is 2.11 bits per heavy atom. The average molecular weight is 337 g/mol. The van der Waals surface area contributed by atoms with Crippen molar-refractivity contribution < 1.29 is 19.8 Å². The molecule has 0 fully saturated rings. The zero-order chi connectivity index (χ0) is 13.5. The standard InChI is InChI=1S/C10H13BrN2O4S/c11-8-2-1-6(18-8)3-4-12-10(17)13-5-7(14)9(15)16/h1-2,7,14H,3-5H2,(H,15,16)(H2,12,13,17)/t7-/m0/s1. The first-order valence-corrected chi connectivity index (χ1v) is 6.77. The van der Waals surface area contributed by atoms with Crippen LogP contribution >= 0.6 is 27.3 Å². The number of hydrogen-bond acceptors (Lipinski definition) is 4. The molecule has 1 rings (SSSR count). The van der Waals surface area contributed by atoms with Crippen molar-refractivity contribution in [2.24, 2.45) is 0 Å². The van der Waals surface area contributed by atoms with Crippen molar-refractivity contribution >= 4 is 39.3 Å². The summed E-state index contributed by atoms with van der Waals surface area (Å²) in [6.45, 7) is 0.133. The molecule has 0 unspecified atom stereocenters. The number of rotatable bonds is 6. The van der Waals surface area contributed by atoms with E-state index in [2.05, 4.69) is 26.6 Å². The van der Waals surface area contributed by atoms with Crippen LogP contribution < -0.4 is 10.6 Å². The summed E-state index contributed by atoms with van der Waals surface area (Å²) < 4.78 is 1.03. The number of nitrogens with one attached hydrogen (secondary N) is 2. The minimum atomic E-state index is -1.58. The van der Waals surface area contributed by atoms with E-state index in [4.69, 9.17) is 10.2 Å². The summed E-state index contributed by atoms with van der Waals surface area (Å²) in [6, 6.07) is 3.40. The number of carbonyl (C=O) groups excluding carboxylic acids is 1. The Bertz CT molecular complexity index is 424. The van der Waals surface area contributed by atoms with E-state index >= 15 is 0 Å². The van der Waals surface area contributed by atoms with Crippen LogP contribution in [0.25, 0.3) is 0 Å². The quantitative estimate of drug-likeness (QED) is 0.617. The van der Waals surface area contributed by atoms with Gasteiger partial charge in [-0.05, 0) is 34.5 Å². The van der Waals surface area contributed by atoms with Crippen molar-refractivity contribution in [1.29, 1.82) is 0 Å². The number of urea groups is 1. The SMILES string of the molecule is O=C(NCCc1ccc(Br)s1)NC[C@H](O)C(=O)O. The van der Waals surface area contributed by atoms with Gasteiger partial charge in [-0.25, -0.2) is 9.59 Å². The number of hydrogen-bond donors (Lipinski definition) is 4. The highest BCUT2D eigenvalue weighted by Gasteiger charge is 2.13. The zero-order valence-corrected chi connectivity index (χ0v) is 11.8. The maximum atomic E-state index is 11.2. The number of halogens is 1. The van der Waals surface area contributed by atoms with Crippen LogP contribution in [0.3, 0.4) is 0 Å². The van der Waals surface area contributed by atoms with Crippen LogP contribution in [0, 0.1) is 0 Å². The number of aliphatic hydroxyl groups is 1. The number of thiophene rings is 1. The second-order valence-corrected chi connectivity index (χ2v) is 5.99. The van der Waals surface area contributed by atoms with Crippen LogP contribution in [0.5, 0.6) is 0 Å². The number of aliphatic hydroxyl groups excluding tert-OH is 1. The van der Waals surface area contributed by atoms with Crippen molar-refractivity contribution in [3.05, 3.63) is 20.8 Å². The van der Waals surface area contributed by atoms with Crippen LogP contribution in [0.2, 0.25) is 0 Å². The van der Waals surface area contributed by atoms with Crippen molar-refractivity contribution in [1.82, 2.24) is 10.6 Å². The second kappa shape index (κ2) is 7.34. The molecule has 0 bridgehead atoms. The number of amides is 2. The van der Waals surface area contributed by atoms with Gasteiger partial charge in [0, 0.05) is 11.4 Å². The van der Waals surface area contributed by atoms with Gasteiger partial charge in [-0.2, -0.15) is 0 Å². The third-order valence-corrected chi connectivity index (χ3v) is 3.71. The fourth-order valence-electron chi connectivity index (χ4n) is 1.12. The van der Waals surface area contributed by atoms with Gasteiger partial charge < -0.3 is 20.8 Å². The van der Waals surface area contributed by atoms with E-state index in [9.17, 15) is 9.59 Å². The van der Waals surface area contributed by atoms with Gasteiger partial charge in [0.1, 0.15) is 0 Å². The smallest absolute Gasteiger partial charge is 0.334 e. The van der Waals surface area contributed by atoms with Gasteiger partial charge in [-0.3, -0.25) is 0 Å². The van der Waals surface area contributed by atoms with Gasteiger partial charge >= 0.3 is 12.0 Å². The lowest BCUT2D eigenvalue weighted by Crippen LogP contribution is -2.42. The van der Waals surface area contributed by atoms with E-state index in [1.807, 2.05) is 12.1 Å². The molecule has 6 nitrogen and oxygen atoms in total. The molecule has 1 atom stereocenters. The lowest BCUT2D eigenvalue weighted by molar-refractivity contribution is -0.146. The van der Waals surface area contributed by atoms with Gasteiger partial charge in [0.05, 0.1) is 10.3 Å². The minimum Gasteiger partial charge on any atom is -0.479 e. The summed E-state index contributed by atoms with van der Waals surface area (Å²) in [4.78, 5) is 22.7. The van der Waals surface area contributed by atoms with E-state index in [-0.39, 0.29) is 6.54 Å². The van der Waals surface area contributed by atoms with Crippen molar-refractivity contribution in [3.63, 3.8) is 0 Å². The monoisotopic (exact) mass is 336 g/mol. The normalized spacial score (nSPS) is 11.9. The highest BCUT2D eigenvalue weighted by atomic mass is 79.9. The molecule has 0 aromatic carbocycles. The Morgan fingerprint density at radius 1 is 1.39 bits per heavy atom. The van der Waals surface area contributed by atoms with E-state index in [0.717, 1.165) is 8.66 Å². The van der Waals surface area contributed by atoms with Crippen LogP contribution in [-0.4, -0.2) is 41.4 Å². The minimum absolute atomic E-state index is 0.314. The molecule has 1 aromatic rings. The van der Waals surface area contributed by atoms with Gasteiger partial charge in [0.2, 0.25) is 0 Å². The molecular formula is C10H13BrN2O4S. The lowest BCUT2D eigenvalue weighted by Gasteiger charge is -2.08. The molecule has 4 N–H and O–H groups in total. The molecule has 0 aliphatic rings. The molecule has 8 heteroatoms. The maximum Gasteiger partial charge on any atom is 0.334 e. The molecular weight excluding hydrogens is 324 g/mol. The van der Waals surface area contributed by atoms with E-state index in [1.165, 1.54) is 0 Å². The molecule has 0 spiro atoms. The van der Waals surface area contributed by atoms with Gasteiger partial charge in [0.15, 0.2) is 6.10 Å².